The molecule has 0 saturated carbocycles. The van der Waals surface area contributed by atoms with E-state index in [2.05, 4.69) is 9.97 Å². The Kier molecular flexibility index (Phi) is 3.01. The van der Waals surface area contributed by atoms with Crippen molar-refractivity contribution < 1.29 is 13.2 Å². The van der Waals surface area contributed by atoms with E-state index in [9.17, 15) is 13.2 Å². The Balaban J connectivity index is 2.26. The third-order valence-corrected chi connectivity index (χ3v) is 3.12. The number of anilines is 1. The van der Waals surface area contributed by atoms with Crippen LogP contribution in [0.5, 0.6) is 0 Å². The summed E-state index contributed by atoms with van der Waals surface area (Å²) < 4.78 is 38.6. The lowest BCUT2D eigenvalue weighted by Crippen LogP contribution is -2.07. The van der Waals surface area contributed by atoms with E-state index in [1.54, 1.807) is 6.20 Å². The van der Waals surface area contributed by atoms with Gasteiger partial charge in [0, 0.05) is 23.3 Å². The zero-order valence-electron chi connectivity index (χ0n) is 10.7. The van der Waals surface area contributed by atoms with Gasteiger partial charge in [-0.1, -0.05) is 24.3 Å². The van der Waals surface area contributed by atoms with Crippen LogP contribution in [0.2, 0.25) is 0 Å². The second-order valence-corrected chi connectivity index (χ2v) is 4.57. The van der Waals surface area contributed by atoms with Crippen molar-refractivity contribution in [2.24, 2.45) is 0 Å². The van der Waals surface area contributed by atoms with Crippen molar-refractivity contribution in [3.05, 3.63) is 54.4 Å². The molecule has 3 aromatic rings. The molecular formula is C15H10F3N3. The number of aromatic nitrogens is 2. The zero-order valence-corrected chi connectivity index (χ0v) is 10.7. The monoisotopic (exact) mass is 289 g/mol. The van der Waals surface area contributed by atoms with Crippen molar-refractivity contribution in [2.75, 3.05) is 5.73 Å². The number of hydrogen-bond acceptors (Lipinski definition) is 3. The third-order valence-electron chi connectivity index (χ3n) is 3.12. The highest BCUT2D eigenvalue weighted by molar-refractivity contribution is 5.95. The van der Waals surface area contributed by atoms with E-state index < -0.39 is 11.7 Å². The average Bonchev–Trinajstić information content (AvgIpc) is 2.45. The summed E-state index contributed by atoms with van der Waals surface area (Å²) in [4.78, 5) is 8.05. The van der Waals surface area contributed by atoms with Crippen molar-refractivity contribution in [1.82, 2.24) is 9.97 Å². The fourth-order valence-electron chi connectivity index (χ4n) is 2.17. The van der Waals surface area contributed by atoms with Crippen LogP contribution in [0.4, 0.5) is 19.0 Å². The number of hydrogen-bond donors (Lipinski definition) is 1. The quantitative estimate of drug-likeness (QED) is 0.739. The average molecular weight is 289 g/mol. The molecule has 0 aliphatic heterocycles. The number of fused-ring (bicyclic) bond motifs is 1. The van der Waals surface area contributed by atoms with Gasteiger partial charge < -0.3 is 5.73 Å². The number of rotatable bonds is 1. The van der Waals surface area contributed by atoms with Crippen molar-refractivity contribution in [3.8, 4) is 11.3 Å². The first-order chi connectivity index (χ1) is 9.95. The fourth-order valence-corrected chi connectivity index (χ4v) is 2.17. The van der Waals surface area contributed by atoms with Gasteiger partial charge in [-0.3, -0.25) is 4.98 Å². The summed E-state index contributed by atoms with van der Waals surface area (Å²) in [5, 5.41) is 1.60. The van der Waals surface area contributed by atoms with Crippen molar-refractivity contribution in [3.63, 3.8) is 0 Å². The normalized spacial score (nSPS) is 11.8. The number of nitrogens with two attached hydrogens (primary N) is 1. The standard InChI is InChI=1S/C15H10F3N3/c16-15(17,18)10-5-13(21-14(19)6-10)12-8-20-7-9-3-1-2-4-11(9)12/h1-8H,(H2,19,21). The second kappa shape index (κ2) is 4.73. The number of nitrogen functional groups attached to an aromatic ring is 1. The molecule has 0 unspecified atom stereocenters. The molecule has 0 spiro atoms. The predicted octanol–water partition coefficient (Wildman–Crippen LogP) is 3.90. The van der Waals surface area contributed by atoms with Gasteiger partial charge >= 0.3 is 6.18 Å². The van der Waals surface area contributed by atoms with Crippen LogP contribution in [0.1, 0.15) is 5.56 Å². The molecule has 6 heteroatoms. The van der Waals surface area contributed by atoms with E-state index in [1.807, 2.05) is 24.3 Å². The minimum atomic E-state index is -4.47. The molecule has 0 aliphatic rings. The predicted molar refractivity (Wildman–Crippen MR) is 74.4 cm³/mol. The summed E-state index contributed by atoms with van der Waals surface area (Å²) in [5.41, 5.74) is 5.36. The Morgan fingerprint density at radius 1 is 1.00 bits per heavy atom. The molecule has 2 aromatic heterocycles. The lowest BCUT2D eigenvalue weighted by molar-refractivity contribution is -0.137. The molecule has 106 valence electrons. The van der Waals surface area contributed by atoms with Crippen LogP contribution >= 0.6 is 0 Å². The SMILES string of the molecule is Nc1cc(C(F)(F)F)cc(-c2cncc3ccccc23)n1. The molecule has 3 nitrogen and oxygen atoms in total. The maximum absolute atomic E-state index is 12.9. The molecule has 2 heterocycles. The Morgan fingerprint density at radius 3 is 2.52 bits per heavy atom. The smallest absolute Gasteiger partial charge is 0.384 e. The van der Waals surface area contributed by atoms with Crippen molar-refractivity contribution in [2.45, 2.75) is 6.18 Å². The molecule has 0 saturated heterocycles. The molecular weight excluding hydrogens is 279 g/mol. The van der Waals surface area contributed by atoms with Gasteiger partial charge in [0.2, 0.25) is 0 Å². The van der Waals surface area contributed by atoms with E-state index in [-0.39, 0.29) is 11.5 Å². The summed E-state index contributed by atoms with van der Waals surface area (Å²) in [6, 6.07) is 9.10. The van der Waals surface area contributed by atoms with Crippen molar-refractivity contribution in [1.29, 1.82) is 0 Å². The summed E-state index contributed by atoms with van der Waals surface area (Å²) in [7, 11) is 0. The first-order valence-electron chi connectivity index (χ1n) is 6.13. The maximum Gasteiger partial charge on any atom is 0.416 e. The topological polar surface area (TPSA) is 51.8 Å². The summed E-state index contributed by atoms with van der Waals surface area (Å²) in [6.45, 7) is 0. The zero-order chi connectivity index (χ0) is 15.0. The van der Waals surface area contributed by atoms with Gasteiger partial charge in [0.15, 0.2) is 0 Å². The van der Waals surface area contributed by atoms with Crippen LogP contribution in [0.15, 0.2) is 48.8 Å². The van der Waals surface area contributed by atoms with Gasteiger partial charge in [-0.15, -0.1) is 0 Å². The molecule has 0 amide bonds. The van der Waals surface area contributed by atoms with Gasteiger partial charge in [-0.2, -0.15) is 13.2 Å². The van der Waals surface area contributed by atoms with Gasteiger partial charge in [0.05, 0.1) is 11.3 Å². The van der Waals surface area contributed by atoms with Crippen LogP contribution < -0.4 is 5.73 Å². The van der Waals surface area contributed by atoms with Crippen molar-refractivity contribution >= 4 is 16.6 Å². The molecule has 0 bridgehead atoms. The van der Waals surface area contributed by atoms with E-state index in [1.165, 1.54) is 6.20 Å². The van der Waals surface area contributed by atoms with E-state index in [0.717, 1.165) is 22.9 Å². The van der Waals surface area contributed by atoms with Crippen LogP contribution in [0.25, 0.3) is 22.0 Å². The third kappa shape index (κ3) is 2.52. The Morgan fingerprint density at radius 2 is 1.76 bits per heavy atom. The second-order valence-electron chi connectivity index (χ2n) is 4.57. The number of benzene rings is 1. The highest BCUT2D eigenvalue weighted by Gasteiger charge is 2.31. The van der Waals surface area contributed by atoms with Crippen LogP contribution in [-0.4, -0.2) is 9.97 Å². The molecule has 0 radical (unpaired) electrons. The van der Waals surface area contributed by atoms with E-state index in [0.29, 0.717) is 5.56 Å². The number of nitrogens with zero attached hydrogens (tertiary/aromatic N) is 2. The maximum atomic E-state index is 12.9. The van der Waals surface area contributed by atoms with Gasteiger partial charge in [0.1, 0.15) is 5.82 Å². The highest BCUT2D eigenvalue weighted by atomic mass is 19.4. The summed E-state index contributed by atoms with van der Waals surface area (Å²) >= 11 is 0. The lowest BCUT2D eigenvalue weighted by Gasteiger charge is -2.11. The Labute approximate surface area is 118 Å². The number of alkyl halides is 3. The fraction of sp³-hybridized carbons (Fsp3) is 0.0667. The van der Waals surface area contributed by atoms with Gasteiger partial charge in [-0.05, 0) is 17.5 Å². The van der Waals surface area contributed by atoms with Crippen LogP contribution in [-0.2, 0) is 6.18 Å². The Bertz CT molecular complexity index is 807. The van der Waals surface area contributed by atoms with E-state index in [4.69, 9.17) is 5.73 Å². The highest BCUT2D eigenvalue weighted by Crippen LogP contribution is 2.34. The minimum Gasteiger partial charge on any atom is -0.384 e. The number of halogens is 3. The minimum absolute atomic E-state index is 0.159. The van der Waals surface area contributed by atoms with Gasteiger partial charge in [0.25, 0.3) is 0 Å². The molecule has 1 aromatic carbocycles. The Hall–Kier alpha value is -2.63. The molecule has 0 fully saturated rings. The lowest BCUT2D eigenvalue weighted by atomic mass is 10.0. The first-order valence-corrected chi connectivity index (χ1v) is 6.13. The van der Waals surface area contributed by atoms with Crippen LogP contribution in [0, 0.1) is 0 Å². The van der Waals surface area contributed by atoms with Crippen LogP contribution in [0.3, 0.4) is 0 Å². The molecule has 3 rings (SSSR count). The molecule has 2 N–H and O–H groups in total. The van der Waals surface area contributed by atoms with Gasteiger partial charge in [-0.25, -0.2) is 4.98 Å². The first kappa shape index (κ1) is 13.4. The summed E-state index contributed by atoms with van der Waals surface area (Å²) in [6.07, 6.45) is -1.33. The van der Waals surface area contributed by atoms with E-state index >= 15 is 0 Å². The number of pyridine rings is 2. The largest absolute Gasteiger partial charge is 0.416 e. The molecule has 21 heavy (non-hydrogen) atoms. The molecule has 0 atom stereocenters. The molecule has 0 aliphatic carbocycles. The summed E-state index contributed by atoms with van der Waals surface area (Å²) in [5.74, 6) is -0.173.